The van der Waals surface area contributed by atoms with E-state index in [1.165, 1.54) is 12.3 Å². The number of benzene rings is 1. The number of carboxylic acids is 1. The number of rotatable bonds is 6. The van der Waals surface area contributed by atoms with Crippen molar-refractivity contribution >= 4 is 27.5 Å². The van der Waals surface area contributed by atoms with Gasteiger partial charge in [0, 0.05) is 19.3 Å². The highest BCUT2D eigenvalue weighted by atomic mass is 32.2. The molecule has 0 amide bonds. The molecule has 2 N–H and O–H groups in total. The molecule has 1 fully saturated rings. The second kappa shape index (κ2) is 8.18. The maximum atomic E-state index is 12.9. The molecule has 3 rings (SSSR count). The number of aryl methyl sites for hydroxylation is 1. The summed E-state index contributed by atoms with van der Waals surface area (Å²) >= 11 is 0. The van der Waals surface area contributed by atoms with Crippen LogP contribution < -0.4 is 9.62 Å². The molecule has 8 heteroatoms. The SMILES string of the molecule is CCc1ccc(S(=O)(=O)Nc2cc(C(=O)O)cnc2N2CCC[C@@H](C)C2)cc1. The van der Waals surface area contributed by atoms with E-state index in [9.17, 15) is 18.3 Å². The standard InChI is InChI=1S/C20H25N3O4S/c1-3-15-6-8-17(9-7-15)28(26,27)22-18-11-16(20(24)25)12-21-19(18)23-10-4-5-14(2)13-23/h6-9,11-12,14,22H,3-5,10,13H2,1-2H3,(H,24,25)/t14-/m1/s1. The summed E-state index contributed by atoms with van der Waals surface area (Å²) in [5.74, 6) is -0.232. The largest absolute Gasteiger partial charge is 0.478 e. The van der Waals surface area contributed by atoms with E-state index in [1.54, 1.807) is 24.3 Å². The fourth-order valence-corrected chi connectivity index (χ4v) is 4.44. The van der Waals surface area contributed by atoms with Crippen molar-refractivity contribution in [2.24, 2.45) is 5.92 Å². The third kappa shape index (κ3) is 4.44. The molecule has 0 bridgehead atoms. The molecule has 0 unspecified atom stereocenters. The Hall–Kier alpha value is -2.61. The molecule has 0 aliphatic carbocycles. The first-order valence-electron chi connectivity index (χ1n) is 9.40. The van der Waals surface area contributed by atoms with Crippen molar-refractivity contribution < 1.29 is 18.3 Å². The van der Waals surface area contributed by atoms with Gasteiger partial charge in [-0.1, -0.05) is 26.0 Å². The van der Waals surface area contributed by atoms with Gasteiger partial charge >= 0.3 is 5.97 Å². The number of sulfonamides is 1. The van der Waals surface area contributed by atoms with Crippen molar-refractivity contribution in [1.82, 2.24) is 4.98 Å². The Kier molecular flexibility index (Phi) is 5.88. The average molecular weight is 404 g/mol. The Balaban J connectivity index is 1.97. The van der Waals surface area contributed by atoms with Crippen LogP contribution in [0.2, 0.25) is 0 Å². The molecule has 1 aromatic heterocycles. The average Bonchev–Trinajstić information content (AvgIpc) is 2.67. The third-order valence-electron chi connectivity index (χ3n) is 4.96. The van der Waals surface area contributed by atoms with Gasteiger partial charge < -0.3 is 10.0 Å². The second-order valence-corrected chi connectivity index (χ2v) is 8.88. The Bertz CT molecular complexity index is 958. The maximum absolute atomic E-state index is 12.9. The predicted molar refractivity (Wildman–Crippen MR) is 108 cm³/mol. The maximum Gasteiger partial charge on any atom is 0.337 e. The number of piperidine rings is 1. The fraction of sp³-hybridized carbons (Fsp3) is 0.400. The first-order valence-corrected chi connectivity index (χ1v) is 10.9. The van der Waals surface area contributed by atoms with E-state index in [1.807, 2.05) is 11.8 Å². The van der Waals surface area contributed by atoms with Crippen molar-refractivity contribution in [3.63, 3.8) is 0 Å². The van der Waals surface area contributed by atoms with Crippen LogP contribution in [0.25, 0.3) is 0 Å². The summed E-state index contributed by atoms with van der Waals surface area (Å²) in [6.45, 7) is 5.64. The number of nitrogens with zero attached hydrogens (tertiary/aromatic N) is 2. The van der Waals surface area contributed by atoms with Gasteiger partial charge in [-0.15, -0.1) is 0 Å². The minimum absolute atomic E-state index is 0.0622. The van der Waals surface area contributed by atoms with E-state index in [-0.39, 0.29) is 16.1 Å². The lowest BCUT2D eigenvalue weighted by Gasteiger charge is -2.33. The second-order valence-electron chi connectivity index (χ2n) is 7.20. The molecule has 1 saturated heterocycles. The summed E-state index contributed by atoms with van der Waals surface area (Å²) in [6.07, 6.45) is 4.17. The Morgan fingerprint density at radius 1 is 1.32 bits per heavy atom. The van der Waals surface area contributed by atoms with Crippen molar-refractivity contribution in [3.8, 4) is 0 Å². The highest BCUT2D eigenvalue weighted by molar-refractivity contribution is 7.92. The monoisotopic (exact) mass is 403 g/mol. The van der Waals surface area contributed by atoms with Gasteiger partial charge in [-0.2, -0.15) is 0 Å². The van der Waals surface area contributed by atoms with Gasteiger partial charge in [-0.25, -0.2) is 18.2 Å². The molecule has 1 aliphatic heterocycles. The Morgan fingerprint density at radius 2 is 2.04 bits per heavy atom. The first kappa shape index (κ1) is 20.1. The van der Waals surface area contributed by atoms with Gasteiger partial charge in [0.15, 0.2) is 5.82 Å². The number of hydrogen-bond donors (Lipinski definition) is 2. The van der Waals surface area contributed by atoms with Crippen molar-refractivity contribution in [3.05, 3.63) is 47.7 Å². The van der Waals surface area contributed by atoms with Crippen LogP contribution in [0.4, 0.5) is 11.5 Å². The van der Waals surface area contributed by atoms with Crippen LogP contribution in [0.1, 0.15) is 42.6 Å². The molecule has 2 aromatic rings. The zero-order valence-corrected chi connectivity index (χ0v) is 16.9. The summed E-state index contributed by atoms with van der Waals surface area (Å²) in [5.41, 5.74) is 1.16. The van der Waals surface area contributed by atoms with E-state index < -0.39 is 16.0 Å². The number of carboxylic acid groups (broad SMARTS) is 1. The van der Waals surface area contributed by atoms with Crippen LogP contribution >= 0.6 is 0 Å². The summed E-state index contributed by atoms with van der Waals surface area (Å²) in [5, 5.41) is 9.29. The van der Waals surface area contributed by atoms with Gasteiger partial charge in [0.1, 0.15) is 0 Å². The van der Waals surface area contributed by atoms with Gasteiger partial charge in [-0.05, 0) is 48.9 Å². The highest BCUT2D eigenvalue weighted by Crippen LogP contribution is 2.30. The van der Waals surface area contributed by atoms with Crippen LogP contribution in [-0.4, -0.2) is 37.6 Å². The van der Waals surface area contributed by atoms with Gasteiger partial charge in [0.05, 0.1) is 16.1 Å². The first-order chi connectivity index (χ1) is 13.3. The summed E-state index contributed by atoms with van der Waals surface area (Å²) < 4.78 is 28.3. The van der Waals surface area contributed by atoms with Crippen LogP contribution in [0.5, 0.6) is 0 Å². The van der Waals surface area contributed by atoms with E-state index in [2.05, 4.69) is 16.6 Å². The van der Waals surface area contributed by atoms with E-state index in [4.69, 9.17) is 0 Å². The van der Waals surface area contributed by atoms with Crippen LogP contribution in [-0.2, 0) is 16.4 Å². The number of nitrogens with one attached hydrogen (secondary N) is 1. The van der Waals surface area contributed by atoms with E-state index in [0.29, 0.717) is 11.7 Å². The van der Waals surface area contributed by atoms with E-state index >= 15 is 0 Å². The molecule has 0 radical (unpaired) electrons. The van der Waals surface area contributed by atoms with Gasteiger partial charge in [-0.3, -0.25) is 4.72 Å². The molecule has 0 spiro atoms. The fourth-order valence-electron chi connectivity index (χ4n) is 3.39. The molecule has 1 atom stereocenters. The molecule has 7 nitrogen and oxygen atoms in total. The molecule has 1 aliphatic rings. The predicted octanol–water partition coefficient (Wildman–Crippen LogP) is 3.38. The van der Waals surface area contributed by atoms with Crippen LogP contribution in [0.3, 0.4) is 0 Å². The molecule has 1 aromatic carbocycles. The zero-order valence-electron chi connectivity index (χ0n) is 16.1. The molecule has 28 heavy (non-hydrogen) atoms. The molecule has 2 heterocycles. The number of carbonyl (C=O) groups is 1. The Morgan fingerprint density at radius 3 is 2.64 bits per heavy atom. The minimum atomic E-state index is -3.87. The number of anilines is 2. The summed E-state index contributed by atoms with van der Waals surface area (Å²) in [6, 6.07) is 7.99. The number of aromatic carboxylic acids is 1. The Labute approximate surface area is 165 Å². The van der Waals surface area contributed by atoms with Crippen molar-refractivity contribution in [2.45, 2.75) is 38.0 Å². The number of aromatic nitrogens is 1. The van der Waals surface area contributed by atoms with Gasteiger partial charge in [0.25, 0.3) is 10.0 Å². The number of pyridine rings is 1. The van der Waals surface area contributed by atoms with Crippen molar-refractivity contribution in [2.75, 3.05) is 22.7 Å². The lowest BCUT2D eigenvalue weighted by molar-refractivity contribution is 0.0696. The lowest BCUT2D eigenvalue weighted by atomic mass is 10.0. The molecule has 150 valence electrons. The lowest BCUT2D eigenvalue weighted by Crippen LogP contribution is -2.35. The smallest absolute Gasteiger partial charge is 0.337 e. The molecular formula is C20H25N3O4S. The van der Waals surface area contributed by atoms with Crippen LogP contribution in [0, 0.1) is 5.92 Å². The number of hydrogen-bond acceptors (Lipinski definition) is 5. The summed E-state index contributed by atoms with van der Waals surface area (Å²) in [7, 11) is -3.87. The molecular weight excluding hydrogens is 378 g/mol. The quantitative estimate of drug-likeness (QED) is 0.767. The van der Waals surface area contributed by atoms with Gasteiger partial charge in [0.2, 0.25) is 0 Å². The normalized spacial score (nSPS) is 17.4. The topological polar surface area (TPSA) is 99.6 Å². The summed E-state index contributed by atoms with van der Waals surface area (Å²) in [4.78, 5) is 17.8. The third-order valence-corrected chi connectivity index (χ3v) is 6.34. The minimum Gasteiger partial charge on any atom is -0.478 e. The molecule has 0 saturated carbocycles. The zero-order chi connectivity index (χ0) is 20.3. The van der Waals surface area contributed by atoms with Crippen LogP contribution in [0.15, 0.2) is 41.4 Å². The van der Waals surface area contributed by atoms with E-state index in [0.717, 1.165) is 37.9 Å². The van der Waals surface area contributed by atoms with Crippen molar-refractivity contribution in [1.29, 1.82) is 0 Å². The highest BCUT2D eigenvalue weighted by Gasteiger charge is 2.24.